The molecule has 1 aromatic carbocycles. The molecule has 0 saturated carbocycles. The molecule has 3 rings (SSSR count). The van der Waals surface area contributed by atoms with Crippen LogP contribution in [0.15, 0.2) is 60.6 Å². The molecule has 2 aliphatic rings. The van der Waals surface area contributed by atoms with Crippen LogP contribution in [0, 0.1) is 0 Å². The predicted molar refractivity (Wildman–Crippen MR) is 117 cm³/mol. The van der Waals surface area contributed by atoms with Gasteiger partial charge in [-0.15, -0.1) is 13.2 Å². The van der Waals surface area contributed by atoms with Gasteiger partial charge in [0.2, 0.25) is 0 Å². The SMILES string of the molecule is C=CCO[C@@H]1[C@H]2N=C(N(C)C)S[C@H]2O[C@H](COCc2ccccc2)[C@H]1OCC=C. The van der Waals surface area contributed by atoms with Gasteiger partial charge >= 0.3 is 0 Å². The molecule has 6 nitrogen and oxygen atoms in total. The largest absolute Gasteiger partial charge is 0.374 e. The lowest BCUT2D eigenvalue weighted by Gasteiger charge is -2.42. The number of benzene rings is 1. The van der Waals surface area contributed by atoms with Gasteiger partial charge in [0.05, 0.1) is 26.4 Å². The maximum atomic E-state index is 6.38. The quantitative estimate of drug-likeness (QED) is 0.544. The molecule has 158 valence electrons. The lowest BCUT2D eigenvalue weighted by Crippen LogP contribution is -2.58. The highest BCUT2D eigenvalue weighted by atomic mass is 32.2. The molecule has 2 aliphatic heterocycles. The van der Waals surface area contributed by atoms with E-state index in [9.17, 15) is 0 Å². The average Bonchev–Trinajstić information content (AvgIpc) is 3.16. The smallest absolute Gasteiger partial charge is 0.161 e. The summed E-state index contributed by atoms with van der Waals surface area (Å²) in [5.74, 6) is 0. The van der Waals surface area contributed by atoms with Gasteiger partial charge in [-0.3, -0.25) is 4.99 Å². The number of thioether (sulfide) groups is 1. The third kappa shape index (κ3) is 5.71. The van der Waals surface area contributed by atoms with E-state index in [0.29, 0.717) is 26.4 Å². The van der Waals surface area contributed by atoms with E-state index < -0.39 is 0 Å². The fraction of sp³-hybridized carbons (Fsp3) is 0.500. The van der Waals surface area contributed by atoms with E-state index >= 15 is 0 Å². The molecule has 0 bridgehead atoms. The Balaban J connectivity index is 1.73. The van der Waals surface area contributed by atoms with Crippen LogP contribution < -0.4 is 0 Å². The molecule has 1 saturated heterocycles. The number of nitrogens with zero attached hydrogens (tertiary/aromatic N) is 2. The van der Waals surface area contributed by atoms with Gasteiger partial charge in [-0.1, -0.05) is 54.2 Å². The fourth-order valence-electron chi connectivity index (χ4n) is 3.36. The molecule has 29 heavy (non-hydrogen) atoms. The molecule has 0 aliphatic carbocycles. The molecule has 1 aromatic rings. The first-order valence-electron chi connectivity index (χ1n) is 9.78. The van der Waals surface area contributed by atoms with Crippen molar-refractivity contribution in [2.24, 2.45) is 4.99 Å². The molecule has 0 radical (unpaired) electrons. The molecule has 0 unspecified atom stereocenters. The van der Waals surface area contributed by atoms with E-state index in [0.717, 1.165) is 10.7 Å². The molecular formula is C22H30N2O4S. The van der Waals surface area contributed by atoms with Crippen LogP contribution in [0.1, 0.15) is 5.56 Å². The monoisotopic (exact) mass is 418 g/mol. The number of aliphatic imine (C=N–C) groups is 1. The van der Waals surface area contributed by atoms with E-state index in [-0.39, 0.29) is 29.8 Å². The highest BCUT2D eigenvalue weighted by Gasteiger charge is 2.50. The van der Waals surface area contributed by atoms with Gasteiger partial charge in [0.1, 0.15) is 29.8 Å². The zero-order valence-corrected chi connectivity index (χ0v) is 17.9. The summed E-state index contributed by atoms with van der Waals surface area (Å²) in [5, 5.41) is 0.931. The van der Waals surface area contributed by atoms with Gasteiger partial charge < -0.3 is 23.8 Å². The minimum atomic E-state index is -0.309. The second-order valence-electron chi connectivity index (χ2n) is 7.13. The summed E-state index contributed by atoms with van der Waals surface area (Å²) in [6.07, 6.45) is 2.65. The molecule has 5 atom stereocenters. The van der Waals surface area contributed by atoms with Crippen molar-refractivity contribution >= 4 is 16.9 Å². The highest BCUT2D eigenvalue weighted by molar-refractivity contribution is 8.14. The number of hydrogen-bond donors (Lipinski definition) is 0. The number of rotatable bonds is 10. The summed E-state index contributed by atoms with van der Waals surface area (Å²) in [6, 6.07) is 9.95. The zero-order chi connectivity index (χ0) is 20.6. The minimum Gasteiger partial charge on any atom is -0.374 e. The van der Waals surface area contributed by atoms with Crippen LogP contribution in [0.2, 0.25) is 0 Å². The van der Waals surface area contributed by atoms with Gasteiger partial charge in [0, 0.05) is 14.1 Å². The zero-order valence-electron chi connectivity index (χ0n) is 17.1. The van der Waals surface area contributed by atoms with Crippen LogP contribution in [0.3, 0.4) is 0 Å². The standard InChI is InChI=1S/C22H30N2O4S/c1-5-12-26-19-17(15-25-14-16-10-8-7-9-11-16)28-21-18(20(19)27-13-6-2)23-22(29-21)24(3)4/h5-11,17-21H,1-2,12-15H2,3-4H3/t17-,18-,19-,20-,21-/m1/s1. The fourth-order valence-corrected chi connectivity index (χ4v) is 4.52. The summed E-state index contributed by atoms with van der Waals surface area (Å²) in [6.45, 7) is 9.31. The van der Waals surface area contributed by atoms with Gasteiger partial charge in [0.25, 0.3) is 0 Å². The van der Waals surface area contributed by atoms with Crippen molar-refractivity contribution in [1.82, 2.24) is 4.90 Å². The van der Waals surface area contributed by atoms with E-state index in [1.54, 1.807) is 23.9 Å². The predicted octanol–water partition coefficient (Wildman–Crippen LogP) is 3.10. The van der Waals surface area contributed by atoms with Gasteiger partial charge in [0.15, 0.2) is 5.17 Å². The summed E-state index contributed by atoms with van der Waals surface area (Å²) < 4.78 is 24.6. The lowest BCUT2D eigenvalue weighted by atomic mass is 9.98. The molecule has 7 heteroatoms. The molecule has 0 spiro atoms. The van der Waals surface area contributed by atoms with Crippen LogP contribution >= 0.6 is 11.8 Å². The van der Waals surface area contributed by atoms with E-state index in [2.05, 4.69) is 13.2 Å². The number of ether oxygens (including phenoxy) is 4. The maximum absolute atomic E-state index is 6.38. The van der Waals surface area contributed by atoms with Crippen LogP contribution in [0.4, 0.5) is 0 Å². The third-order valence-electron chi connectivity index (χ3n) is 4.68. The topological polar surface area (TPSA) is 52.5 Å². The third-order valence-corrected chi connectivity index (χ3v) is 5.99. The van der Waals surface area contributed by atoms with Crippen LogP contribution in [-0.2, 0) is 25.6 Å². The molecular weight excluding hydrogens is 388 g/mol. The second kappa shape index (κ2) is 10.9. The molecule has 0 amide bonds. The molecule has 0 aromatic heterocycles. The van der Waals surface area contributed by atoms with Crippen LogP contribution in [0.25, 0.3) is 0 Å². The van der Waals surface area contributed by atoms with Crippen molar-refractivity contribution in [3.63, 3.8) is 0 Å². The Labute approximate surface area is 177 Å². The number of hydrogen-bond acceptors (Lipinski definition) is 7. The Kier molecular flexibility index (Phi) is 8.32. The molecule has 1 fully saturated rings. The normalized spacial score (nSPS) is 28.5. The van der Waals surface area contributed by atoms with Crippen molar-refractivity contribution in [3.05, 3.63) is 61.2 Å². The van der Waals surface area contributed by atoms with Gasteiger partial charge in [-0.05, 0) is 5.56 Å². The summed E-state index contributed by atoms with van der Waals surface area (Å²) >= 11 is 1.62. The van der Waals surface area contributed by atoms with Crippen molar-refractivity contribution < 1.29 is 18.9 Å². The van der Waals surface area contributed by atoms with E-state index in [4.69, 9.17) is 23.9 Å². The summed E-state index contributed by atoms with van der Waals surface area (Å²) in [7, 11) is 3.96. The first-order valence-corrected chi connectivity index (χ1v) is 10.7. The Morgan fingerprint density at radius 1 is 1.10 bits per heavy atom. The highest BCUT2D eigenvalue weighted by Crippen LogP contribution is 2.39. The van der Waals surface area contributed by atoms with Crippen molar-refractivity contribution in [3.8, 4) is 0 Å². The van der Waals surface area contributed by atoms with Crippen molar-refractivity contribution in [1.29, 1.82) is 0 Å². The first-order chi connectivity index (χ1) is 14.1. The molecule has 2 heterocycles. The minimum absolute atomic E-state index is 0.129. The Morgan fingerprint density at radius 2 is 1.79 bits per heavy atom. The second-order valence-corrected chi connectivity index (χ2v) is 8.20. The maximum Gasteiger partial charge on any atom is 0.161 e. The van der Waals surface area contributed by atoms with Gasteiger partial charge in [-0.2, -0.15) is 0 Å². The van der Waals surface area contributed by atoms with Crippen molar-refractivity contribution in [2.45, 2.75) is 36.4 Å². The summed E-state index contributed by atoms with van der Waals surface area (Å²) in [5.41, 5.74) is 0.994. The Bertz CT molecular complexity index is 697. The molecule has 0 N–H and O–H groups in total. The number of amidine groups is 1. The Morgan fingerprint density at radius 3 is 2.45 bits per heavy atom. The average molecular weight is 419 g/mol. The van der Waals surface area contributed by atoms with Crippen LogP contribution in [-0.4, -0.2) is 73.8 Å². The van der Waals surface area contributed by atoms with E-state index in [1.165, 1.54) is 0 Å². The summed E-state index contributed by atoms with van der Waals surface area (Å²) in [4.78, 5) is 6.84. The van der Waals surface area contributed by atoms with Gasteiger partial charge in [-0.25, -0.2) is 0 Å². The van der Waals surface area contributed by atoms with Crippen LogP contribution in [0.5, 0.6) is 0 Å². The Hall–Kier alpha value is -1.64. The first kappa shape index (κ1) is 22.1. The number of fused-ring (bicyclic) bond motifs is 1. The van der Waals surface area contributed by atoms with E-state index in [1.807, 2.05) is 49.3 Å². The lowest BCUT2D eigenvalue weighted by molar-refractivity contribution is -0.198. The van der Waals surface area contributed by atoms with Crippen molar-refractivity contribution in [2.75, 3.05) is 33.9 Å².